The summed E-state index contributed by atoms with van der Waals surface area (Å²) in [6.45, 7) is 6.87. The number of rotatable bonds is 5. The van der Waals surface area contributed by atoms with Crippen LogP contribution in [-0.2, 0) is 11.3 Å². The van der Waals surface area contributed by atoms with Crippen molar-refractivity contribution >= 4 is 0 Å². The Morgan fingerprint density at radius 2 is 1.75 bits per heavy atom. The maximum atomic E-state index is 5.42. The monoisotopic (exact) mass is 223 g/mol. The highest BCUT2D eigenvalue weighted by Gasteiger charge is 2.09. The minimum absolute atomic E-state index is 0.139. The molecular formula is C13H21NO2. The van der Waals surface area contributed by atoms with Crippen molar-refractivity contribution in [3.8, 4) is 5.75 Å². The Labute approximate surface area is 97.7 Å². The Hall–Kier alpha value is -1.06. The zero-order chi connectivity index (χ0) is 12.0. The number of hydrogen-bond acceptors (Lipinski definition) is 3. The predicted molar refractivity (Wildman–Crippen MR) is 65.5 cm³/mol. The normalized spacial score (nSPS) is 11.5. The van der Waals surface area contributed by atoms with Crippen molar-refractivity contribution in [2.75, 3.05) is 13.7 Å². The van der Waals surface area contributed by atoms with E-state index in [2.05, 4.69) is 17.6 Å². The molecule has 0 aliphatic carbocycles. The van der Waals surface area contributed by atoms with Gasteiger partial charge in [-0.2, -0.15) is 0 Å². The van der Waals surface area contributed by atoms with Gasteiger partial charge in [-0.05, 0) is 44.9 Å². The van der Waals surface area contributed by atoms with Crippen LogP contribution in [0.1, 0.15) is 26.3 Å². The number of benzene rings is 1. The second-order valence-corrected chi connectivity index (χ2v) is 4.71. The van der Waals surface area contributed by atoms with Crippen molar-refractivity contribution in [3.05, 3.63) is 29.8 Å². The van der Waals surface area contributed by atoms with Crippen LogP contribution in [0.25, 0.3) is 0 Å². The Morgan fingerprint density at radius 1 is 1.12 bits per heavy atom. The van der Waals surface area contributed by atoms with E-state index in [9.17, 15) is 0 Å². The maximum Gasteiger partial charge on any atom is 0.118 e. The lowest BCUT2D eigenvalue weighted by Crippen LogP contribution is -2.30. The molecule has 0 atom stereocenters. The summed E-state index contributed by atoms with van der Waals surface area (Å²) in [5, 5.41) is 0. The first-order chi connectivity index (χ1) is 7.51. The van der Waals surface area contributed by atoms with Crippen LogP contribution in [0, 0.1) is 0 Å². The second kappa shape index (κ2) is 5.87. The predicted octanol–water partition coefficient (Wildman–Crippen LogP) is 2.56. The highest BCUT2D eigenvalue weighted by atomic mass is 16.7. The smallest absolute Gasteiger partial charge is 0.118 e. The van der Waals surface area contributed by atoms with E-state index < -0.39 is 0 Å². The van der Waals surface area contributed by atoms with Crippen LogP contribution in [0.5, 0.6) is 5.75 Å². The zero-order valence-electron chi connectivity index (χ0n) is 10.5. The molecule has 0 radical (unpaired) electrons. The van der Waals surface area contributed by atoms with Crippen molar-refractivity contribution in [2.45, 2.75) is 32.8 Å². The van der Waals surface area contributed by atoms with Gasteiger partial charge in [0, 0.05) is 6.54 Å². The van der Waals surface area contributed by atoms with E-state index in [1.54, 1.807) is 7.11 Å². The van der Waals surface area contributed by atoms with E-state index in [1.165, 1.54) is 5.56 Å². The maximum absolute atomic E-state index is 5.42. The zero-order valence-corrected chi connectivity index (χ0v) is 10.5. The molecule has 0 saturated heterocycles. The van der Waals surface area contributed by atoms with Crippen LogP contribution in [0.2, 0.25) is 0 Å². The van der Waals surface area contributed by atoms with E-state index in [1.807, 2.05) is 32.9 Å². The lowest BCUT2D eigenvalue weighted by molar-refractivity contribution is -0.0717. The van der Waals surface area contributed by atoms with E-state index in [-0.39, 0.29) is 5.60 Å². The average molecular weight is 223 g/mol. The average Bonchev–Trinajstić information content (AvgIpc) is 2.24. The van der Waals surface area contributed by atoms with Crippen molar-refractivity contribution in [3.63, 3.8) is 0 Å². The van der Waals surface area contributed by atoms with Crippen LogP contribution < -0.4 is 10.2 Å². The third kappa shape index (κ3) is 5.14. The van der Waals surface area contributed by atoms with Gasteiger partial charge in [-0.3, -0.25) is 4.84 Å². The van der Waals surface area contributed by atoms with Crippen molar-refractivity contribution in [2.24, 2.45) is 0 Å². The van der Waals surface area contributed by atoms with Gasteiger partial charge in [-0.25, -0.2) is 5.48 Å². The van der Waals surface area contributed by atoms with Gasteiger partial charge < -0.3 is 4.74 Å². The molecule has 0 aliphatic heterocycles. The van der Waals surface area contributed by atoms with E-state index in [0.29, 0.717) is 0 Å². The molecule has 90 valence electrons. The summed E-state index contributed by atoms with van der Waals surface area (Å²) in [7, 11) is 1.67. The molecule has 16 heavy (non-hydrogen) atoms. The largest absolute Gasteiger partial charge is 0.497 e. The summed E-state index contributed by atoms with van der Waals surface area (Å²) in [5.74, 6) is 0.891. The summed E-state index contributed by atoms with van der Waals surface area (Å²) in [6.07, 6.45) is 0.945. The fraction of sp³-hybridized carbons (Fsp3) is 0.538. The SMILES string of the molecule is COc1ccc(CCNOC(C)(C)C)cc1. The molecule has 0 saturated carbocycles. The third-order valence-corrected chi connectivity index (χ3v) is 2.05. The van der Waals surface area contributed by atoms with Crippen LogP contribution in [0.4, 0.5) is 0 Å². The topological polar surface area (TPSA) is 30.5 Å². The Balaban J connectivity index is 2.27. The standard InChI is InChI=1S/C13H21NO2/c1-13(2,3)16-14-10-9-11-5-7-12(15-4)8-6-11/h5-8,14H,9-10H2,1-4H3. The first kappa shape index (κ1) is 13.0. The second-order valence-electron chi connectivity index (χ2n) is 4.71. The van der Waals surface area contributed by atoms with Crippen LogP contribution in [0.15, 0.2) is 24.3 Å². The van der Waals surface area contributed by atoms with Gasteiger partial charge in [0.15, 0.2) is 0 Å². The minimum Gasteiger partial charge on any atom is -0.497 e. The summed E-state index contributed by atoms with van der Waals surface area (Å²) in [5.41, 5.74) is 4.10. The quantitative estimate of drug-likeness (QED) is 0.614. The molecule has 3 nitrogen and oxygen atoms in total. The summed E-state index contributed by atoms with van der Waals surface area (Å²) in [4.78, 5) is 5.42. The Kier molecular flexibility index (Phi) is 4.77. The fourth-order valence-electron chi connectivity index (χ4n) is 1.26. The van der Waals surface area contributed by atoms with Gasteiger partial charge in [-0.1, -0.05) is 12.1 Å². The number of hydroxylamine groups is 1. The highest BCUT2D eigenvalue weighted by molar-refractivity contribution is 5.27. The number of hydrogen-bond donors (Lipinski definition) is 1. The molecule has 1 rings (SSSR count). The summed E-state index contributed by atoms with van der Waals surface area (Å²) in [6, 6.07) is 8.08. The first-order valence-electron chi connectivity index (χ1n) is 5.55. The molecule has 0 aliphatic rings. The third-order valence-electron chi connectivity index (χ3n) is 2.05. The van der Waals surface area contributed by atoms with Gasteiger partial charge in [-0.15, -0.1) is 0 Å². The molecule has 0 spiro atoms. The molecule has 3 heteroatoms. The van der Waals surface area contributed by atoms with E-state index in [4.69, 9.17) is 9.57 Å². The fourth-order valence-corrected chi connectivity index (χ4v) is 1.26. The summed E-state index contributed by atoms with van der Waals surface area (Å²) >= 11 is 0. The van der Waals surface area contributed by atoms with Gasteiger partial charge >= 0.3 is 0 Å². The first-order valence-corrected chi connectivity index (χ1v) is 5.55. The molecule has 0 bridgehead atoms. The molecular weight excluding hydrogens is 202 g/mol. The molecule has 1 aromatic rings. The van der Waals surface area contributed by atoms with Crippen molar-refractivity contribution < 1.29 is 9.57 Å². The van der Waals surface area contributed by atoms with Gasteiger partial charge in [0.1, 0.15) is 5.75 Å². The van der Waals surface area contributed by atoms with Gasteiger partial charge in [0.25, 0.3) is 0 Å². The van der Waals surface area contributed by atoms with Crippen LogP contribution >= 0.6 is 0 Å². The Morgan fingerprint density at radius 3 is 2.25 bits per heavy atom. The molecule has 1 N–H and O–H groups in total. The number of ether oxygens (including phenoxy) is 1. The lowest BCUT2D eigenvalue weighted by atomic mass is 10.1. The molecule has 1 aromatic carbocycles. The summed E-state index contributed by atoms with van der Waals surface area (Å²) < 4.78 is 5.10. The van der Waals surface area contributed by atoms with Crippen molar-refractivity contribution in [1.29, 1.82) is 0 Å². The molecule has 0 heterocycles. The molecule has 0 aromatic heterocycles. The van der Waals surface area contributed by atoms with Crippen LogP contribution in [0.3, 0.4) is 0 Å². The van der Waals surface area contributed by atoms with Crippen LogP contribution in [-0.4, -0.2) is 19.3 Å². The Bertz CT molecular complexity index is 301. The van der Waals surface area contributed by atoms with Crippen molar-refractivity contribution in [1.82, 2.24) is 5.48 Å². The van der Waals surface area contributed by atoms with E-state index in [0.717, 1.165) is 18.7 Å². The van der Waals surface area contributed by atoms with E-state index >= 15 is 0 Å². The number of nitrogens with one attached hydrogen (secondary N) is 1. The number of methoxy groups -OCH3 is 1. The van der Waals surface area contributed by atoms with Gasteiger partial charge in [0.05, 0.1) is 12.7 Å². The molecule has 0 amide bonds. The highest BCUT2D eigenvalue weighted by Crippen LogP contribution is 2.11. The minimum atomic E-state index is -0.139. The molecule has 0 fully saturated rings. The molecule has 0 unspecified atom stereocenters. The van der Waals surface area contributed by atoms with Gasteiger partial charge in [0.2, 0.25) is 0 Å². The lowest BCUT2D eigenvalue weighted by Gasteiger charge is -2.19.